The van der Waals surface area contributed by atoms with Crippen molar-refractivity contribution in [3.05, 3.63) is 24.3 Å². The highest BCUT2D eigenvalue weighted by Crippen LogP contribution is 2.22. The van der Waals surface area contributed by atoms with Crippen LogP contribution < -0.4 is 10.8 Å². The molecular weight excluding hydrogens is 154 g/mol. The molecule has 0 heterocycles. The molecule has 12 heavy (non-hydrogen) atoms. The van der Waals surface area contributed by atoms with Gasteiger partial charge >= 0.3 is 0 Å². The van der Waals surface area contributed by atoms with Crippen molar-refractivity contribution in [3.63, 3.8) is 0 Å². The van der Waals surface area contributed by atoms with Gasteiger partial charge in [0.1, 0.15) is 5.69 Å². The van der Waals surface area contributed by atoms with Crippen LogP contribution in [0.3, 0.4) is 0 Å². The lowest BCUT2D eigenvalue weighted by Crippen LogP contribution is -2.05. The van der Waals surface area contributed by atoms with Crippen LogP contribution in [0, 0.1) is 0 Å². The van der Waals surface area contributed by atoms with Crippen molar-refractivity contribution in [2.75, 3.05) is 5.32 Å². The van der Waals surface area contributed by atoms with E-state index in [1.165, 1.54) is 6.92 Å². The van der Waals surface area contributed by atoms with Crippen LogP contribution in [0.2, 0.25) is 0 Å². The third kappa shape index (κ3) is 1.88. The quantitative estimate of drug-likeness (QED) is 0.658. The molecule has 0 saturated heterocycles. The zero-order valence-corrected chi connectivity index (χ0v) is 6.61. The molecule has 0 bridgehead atoms. The molecule has 0 aliphatic carbocycles. The Morgan fingerprint density at radius 1 is 1.50 bits per heavy atom. The molecule has 1 amide bonds. The summed E-state index contributed by atoms with van der Waals surface area (Å²) in [4.78, 5) is 10.6. The fourth-order valence-corrected chi connectivity index (χ4v) is 0.856. The smallest absolute Gasteiger partial charge is 0.221 e. The fraction of sp³-hybridized carbons (Fsp3) is 0.125. The molecular formula is C8H8N3O. The molecule has 0 fully saturated rings. The Morgan fingerprint density at radius 3 is 2.75 bits per heavy atom. The Kier molecular flexibility index (Phi) is 2.53. The highest BCUT2D eigenvalue weighted by molar-refractivity contribution is 5.91. The molecule has 4 heteroatoms. The predicted molar refractivity (Wildman–Crippen MR) is 45.0 cm³/mol. The summed E-state index contributed by atoms with van der Waals surface area (Å²) in [5, 5.41) is 5.54. The number of nitrogens with zero attached hydrogens (tertiary/aromatic N) is 2. The first kappa shape index (κ1) is 8.39. The third-order valence-electron chi connectivity index (χ3n) is 1.32. The van der Waals surface area contributed by atoms with Crippen LogP contribution in [0.15, 0.2) is 29.4 Å². The van der Waals surface area contributed by atoms with E-state index in [0.717, 1.165) is 0 Å². The number of para-hydroxylation sites is 1. The number of anilines is 1. The number of carbonyl (C=O) groups excluding carboxylic acids is 1. The standard InChI is InChI=1S/C8H8N3O/c1-6(12)10-7-4-2-3-5-8(7)11-9/h2-5H,1H3,(H,10,12). The minimum absolute atomic E-state index is 0.189. The van der Waals surface area contributed by atoms with Gasteiger partial charge in [0.05, 0.1) is 5.69 Å². The average Bonchev–Trinajstić information content (AvgIpc) is 2.04. The molecule has 0 saturated carbocycles. The van der Waals surface area contributed by atoms with Gasteiger partial charge in [-0.2, -0.15) is 0 Å². The topological polar surface area (TPSA) is 63.8 Å². The molecule has 1 aromatic carbocycles. The lowest BCUT2D eigenvalue weighted by atomic mass is 10.3. The van der Waals surface area contributed by atoms with Crippen LogP contribution in [0.5, 0.6) is 0 Å². The first-order valence-corrected chi connectivity index (χ1v) is 3.46. The maximum atomic E-state index is 10.6. The van der Waals surface area contributed by atoms with Gasteiger partial charge in [0.2, 0.25) is 5.91 Å². The molecule has 1 radical (unpaired) electrons. The lowest BCUT2D eigenvalue weighted by Gasteiger charge is -2.02. The van der Waals surface area contributed by atoms with Gasteiger partial charge in [0, 0.05) is 6.92 Å². The van der Waals surface area contributed by atoms with Gasteiger partial charge in [0.25, 0.3) is 0 Å². The van der Waals surface area contributed by atoms with E-state index < -0.39 is 0 Å². The summed E-state index contributed by atoms with van der Waals surface area (Å²) in [6, 6.07) is 6.74. The van der Waals surface area contributed by atoms with E-state index in [2.05, 4.69) is 10.4 Å². The van der Waals surface area contributed by atoms with Gasteiger partial charge in [-0.05, 0) is 17.7 Å². The van der Waals surface area contributed by atoms with E-state index in [9.17, 15) is 4.79 Å². The van der Waals surface area contributed by atoms with Crippen LogP contribution in [-0.4, -0.2) is 5.91 Å². The SMILES string of the molecule is CC(=O)Nc1ccccc1N=[N]. The number of hydrogen-bond acceptors (Lipinski definition) is 2. The zero-order chi connectivity index (χ0) is 8.97. The first-order chi connectivity index (χ1) is 5.74. The van der Waals surface area contributed by atoms with E-state index >= 15 is 0 Å². The van der Waals surface area contributed by atoms with Crippen LogP contribution >= 0.6 is 0 Å². The Hall–Kier alpha value is -1.71. The summed E-state index contributed by atoms with van der Waals surface area (Å²) >= 11 is 0. The number of benzene rings is 1. The third-order valence-corrected chi connectivity index (χ3v) is 1.32. The van der Waals surface area contributed by atoms with Gasteiger partial charge in [-0.25, -0.2) is 0 Å². The Balaban J connectivity index is 2.96. The number of nitrogens with one attached hydrogen (secondary N) is 1. The van der Waals surface area contributed by atoms with Crippen molar-refractivity contribution in [2.45, 2.75) is 6.92 Å². The molecule has 1 aromatic rings. The molecule has 0 unspecified atom stereocenters. The largest absolute Gasteiger partial charge is 0.324 e. The zero-order valence-electron chi connectivity index (χ0n) is 6.61. The molecule has 1 N–H and O–H groups in total. The molecule has 0 aliphatic rings. The summed E-state index contributed by atoms with van der Waals surface area (Å²) in [6.07, 6.45) is 0. The van der Waals surface area contributed by atoms with Crippen LogP contribution in [0.4, 0.5) is 11.4 Å². The fourth-order valence-electron chi connectivity index (χ4n) is 0.856. The second-order valence-corrected chi connectivity index (χ2v) is 2.30. The molecule has 0 spiro atoms. The normalized spacial score (nSPS) is 9.08. The van der Waals surface area contributed by atoms with Crippen LogP contribution in [-0.2, 0) is 4.79 Å². The second kappa shape index (κ2) is 3.61. The minimum atomic E-state index is -0.189. The van der Waals surface area contributed by atoms with Crippen molar-refractivity contribution in [3.8, 4) is 0 Å². The maximum absolute atomic E-state index is 10.6. The summed E-state index contributed by atoms with van der Waals surface area (Å²) < 4.78 is 0. The van der Waals surface area contributed by atoms with Gasteiger partial charge in [-0.3, -0.25) is 4.79 Å². The molecule has 0 atom stereocenters. The number of rotatable bonds is 2. The Bertz CT molecular complexity index is 309. The van der Waals surface area contributed by atoms with Crippen molar-refractivity contribution in [2.24, 2.45) is 5.11 Å². The number of amides is 1. The Morgan fingerprint density at radius 2 is 2.17 bits per heavy atom. The summed E-state index contributed by atoms with van der Waals surface area (Å²) in [5.74, 6) is -0.189. The van der Waals surface area contributed by atoms with Crippen LogP contribution in [0.25, 0.3) is 0 Å². The van der Waals surface area contributed by atoms with Gasteiger partial charge in [0.15, 0.2) is 0 Å². The Labute approximate surface area is 70.1 Å². The predicted octanol–water partition coefficient (Wildman–Crippen LogP) is 1.53. The molecule has 4 nitrogen and oxygen atoms in total. The summed E-state index contributed by atoms with van der Waals surface area (Å²) in [6.45, 7) is 1.40. The van der Waals surface area contributed by atoms with E-state index in [1.54, 1.807) is 24.3 Å². The summed E-state index contributed by atoms with van der Waals surface area (Å²) in [5.41, 5.74) is 9.37. The van der Waals surface area contributed by atoms with Crippen molar-refractivity contribution < 1.29 is 4.79 Å². The molecule has 61 valence electrons. The van der Waals surface area contributed by atoms with E-state index in [4.69, 9.17) is 5.53 Å². The van der Waals surface area contributed by atoms with Crippen LogP contribution in [0.1, 0.15) is 6.92 Å². The maximum Gasteiger partial charge on any atom is 0.221 e. The second-order valence-electron chi connectivity index (χ2n) is 2.30. The number of hydrogen-bond donors (Lipinski definition) is 1. The van der Waals surface area contributed by atoms with E-state index in [1.807, 2.05) is 0 Å². The van der Waals surface area contributed by atoms with Gasteiger partial charge in [-0.15, -0.1) is 5.11 Å². The molecule has 0 aliphatic heterocycles. The highest BCUT2D eigenvalue weighted by atomic mass is 16.1. The minimum Gasteiger partial charge on any atom is -0.324 e. The van der Waals surface area contributed by atoms with Gasteiger partial charge < -0.3 is 5.32 Å². The molecule has 1 rings (SSSR count). The highest BCUT2D eigenvalue weighted by Gasteiger charge is 2.00. The molecule has 0 aromatic heterocycles. The van der Waals surface area contributed by atoms with E-state index in [-0.39, 0.29) is 5.91 Å². The monoisotopic (exact) mass is 162 g/mol. The van der Waals surface area contributed by atoms with Gasteiger partial charge in [-0.1, -0.05) is 12.1 Å². The summed E-state index contributed by atoms with van der Waals surface area (Å²) in [7, 11) is 0. The number of carbonyl (C=O) groups is 1. The first-order valence-electron chi connectivity index (χ1n) is 3.46. The van der Waals surface area contributed by atoms with E-state index in [0.29, 0.717) is 11.4 Å². The van der Waals surface area contributed by atoms with Crippen molar-refractivity contribution in [1.82, 2.24) is 5.53 Å². The van der Waals surface area contributed by atoms with Crippen molar-refractivity contribution in [1.29, 1.82) is 0 Å². The average molecular weight is 162 g/mol. The van der Waals surface area contributed by atoms with Crippen molar-refractivity contribution >= 4 is 17.3 Å². The lowest BCUT2D eigenvalue weighted by molar-refractivity contribution is -0.114.